The summed E-state index contributed by atoms with van der Waals surface area (Å²) in [4.78, 5) is 26.4. The number of hydrogen-bond acceptors (Lipinski definition) is 9. The maximum absolute atomic E-state index is 13.5. The van der Waals surface area contributed by atoms with Crippen molar-refractivity contribution in [1.82, 2.24) is 29.7 Å². The van der Waals surface area contributed by atoms with Crippen LogP contribution in [0.5, 0.6) is 0 Å². The van der Waals surface area contributed by atoms with Crippen LogP contribution in [0.1, 0.15) is 42.0 Å². The Morgan fingerprint density at radius 2 is 2.06 bits per heavy atom. The number of nitrogens with two attached hydrogens (primary N) is 1. The number of nitrogens with zero attached hydrogens (tertiary/aromatic N) is 7. The van der Waals surface area contributed by atoms with Crippen molar-refractivity contribution in [2.75, 3.05) is 11.1 Å². The van der Waals surface area contributed by atoms with Crippen LogP contribution in [0.3, 0.4) is 0 Å². The van der Waals surface area contributed by atoms with Crippen LogP contribution < -0.4 is 16.6 Å². The first kappa shape index (κ1) is 20.5. The van der Waals surface area contributed by atoms with Crippen molar-refractivity contribution in [3.05, 3.63) is 63.6 Å². The number of benzene rings is 1. The number of aromatic nitrogens is 6. The standard InChI is InChI=1S/C21H18N10O/c1-3-16(28-18-15(8-23)11(2)27-21(24)30-18)19-29-17-12(7-22)5-4-6-14(17)20(32)31(19)13-9-25-26-10-13/h4-6,9-10,16H,3H2,1-2H3,(H,25,26)(H3,24,27,28,30)/t16-/m0/s1. The molecule has 3 aromatic heterocycles. The first-order valence-corrected chi connectivity index (χ1v) is 9.74. The Morgan fingerprint density at radius 3 is 2.72 bits per heavy atom. The highest BCUT2D eigenvalue weighted by Crippen LogP contribution is 2.26. The molecule has 0 amide bonds. The lowest BCUT2D eigenvalue weighted by Crippen LogP contribution is -2.28. The number of nitrogen functional groups attached to an aromatic ring is 1. The molecule has 0 saturated heterocycles. The van der Waals surface area contributed by atoms with Crippen LogP contribution in [0.2, 0.25) is 0 Å². The van der Waals surface area contributed by atoms with Crippen LogP contribution in [0.25, 0.3) is 16.6 Å². The molecule has 0 radical (unpaired) electrons. The summed E-state index contributed by atoms with van der Waals surface area (Å²) in [6, 6.07) is 8.50. The molecule has 1 atom stereocenters. The van der Waals surface area contributed by atoms with E-state index in [0.717, 1.165) is 0 Å². The Morgan fingerprint density at radius 1 is 1.25 bits per heavy atom. The minimum absolute atomic E-state index is 0.0179. The highest BCUT2D eigenvalue weighted by molar-refractivity contribution is 5.83. The van der Waals surface area contributed by atoms with Crippen LogP contribution in [0.15, 0.2) is 35.4 Å². The van der Waals surface area contributed by atoms with Crippen molar-refractivity contribution in [2.24, 2.45) is 0 Å². The number of aromatic amines is 1. The summed E-state index contributed by atoms with van der Waals surface area (Å²) < 4.78 is 1.43. The molecular weight excluding hydrogens is 408 g/mol. The fourth-order valence-corrected chi connectivity index (χ4v) is 3.51. The van der Waals surface area contributed by atoms with Crippen molar-refractivity contribution in [3.8, 4) is 17.8 Å². The maximum atomic E-state index is 13.5. The van der Waals surface area contributed by atoms with Gasteiger partial charge in [0.1, 0.15) is 29.3 Å². The van der Waals surface area contributed by atoms with E-state index in [9.17, 15) is 15.3 Å². The van der Waals surface area contributed by atoms with Crippen molar-refractivity contribution < 1.29 is 0 Å². The smallest absolute Gasteiger partial charge is 0.266 e. The third-order valence-electron chi connectivity index (χ3n) is 5.04. The summed E-state index contributed by atoms with van der Waals surface area (Å²) in [5, 5.41) is 29.3. The first-order valence-electron chi connectivity index (χ1n) is 9.74. The SMILES string of the molecule is CC[C@H](Nc1nc(N)nc(C)c1C#N)c1nc2c(C#N)cccc2c(=O)n1-c1cn[nH]c1. The van der Waals surface area contributed by atoms with Gasteiger partial charge in [0, 0.05) is 6.20 Å². The van der Waals surface area contributed by atoms with Gasteiger partial charge in [-0.05, 0) is 25.5 Å². The maximum Gasteiger partial charge on any atom is 0.266 e. The van der Waals surface area contributed by atoms with Crippen LogP contribution in [0.4, 0.5) is 11.8 Å². The van der Waals surface area contributed by atoms with Gasteiger partial charge in [-0.3, -0.25) is 14.5 Å². The average Bonchev–Trinajstić information content (AvgIpc) is 3.31. The second-order valence-electron chi connectivity index (χ2n) is 6.99. The molecule has 4 rings (SSSR count). The Hall–Kier alpha value is -4.77. The predicted molar refractivity (Wildman–Crippen MR) is 117 cm³/mol. The van der Waals surface area contributed by atoms with E-state index in [0.29, 0.717) is 34.5 Å². The fourth-order valence-electron chi connectivity index (χ4n) is 3.51. The van der Waals surface area contributed by atoms with Gasteiger partial charge in [0.25, 0.3) is 5.56 Å². The van der Waals surface area contributed by atoms with Crippen LogP contribution >= 0.6 is 0 Å². The lowest BCUT2D eigenvalue weighted by molar-refractivity contribution is 0.658. The highest BCUT2D eigenvalue weighted by atomic mass is 16.1. The van der Waals surface area contributed by atoms with E-state index in [1.807, 2.05) is 6.92 Å². The van der Waals surface area contributed by atoms with E-state index in [1.165, 1.54) is 10.8 Å². The summed E-state index contributed by atoms with van der Waals surface area (Å²) in [6.45, 7) is 3.56. The van der Waals surface area contributed by atoms with Crippen LogP contribution in [-0.4, -0.2) is 29.7 Å². The Balaban J connectivity index is 1.98. The molecule has 0 saturated carbocycles. The van der Waals surface area contributed by atoms with Gasteiger partial charge in [-0.15, -0.1) is 0 Å². The van der Waals surface area contributed by atoms with Gasteiger partial charge in [-0.25, -0.2) is 9.97 Å². The van der Waals surface area contributed by atoms with E-state index < -0.39 is 6.04 Å². The Labute approximate surface area is 182 Å². The van der Waals surface area contributed by atoms with Crippen molar-refractivity contribution >= 4 is 22.7 Å². The molecule has 158 valence electrons. The van der Waals surface area contributed by atoms with Crippen molar-refractivity contribution in [3.63, 3.8) is 0 Å². The summed E-state index contributed by atoms with van der Waals surface area (Å²) in [5.41, 5.74) is 7.20. The molecule has 4 N–H and O–H groups in total. The van der Waals surface area contributed by atoms with Crippen LogP contribution in [0, 0.1) is 29.6 Å². The zero-order chi connectivity index (χ0) is 22.8. The molecule has 0 aliphatic heterocycles. The molecule has 32 heavy (non-hydrogen) atoms. The third kappa shape index (κ3) is 3.38. The number of anilines is 2. The molecule has 0 unspecified atom stereocenters. The van der Waals surface area contributed by atoms with Gasteiger partial charge in [-0.2, -0.15) is 20.6 Å². The average molecular weight is 426 g/mol. The quantitative estimate of drug-likeness (QED) is 0.431. The zero-order valence-corrected chi connectivity index (χ0v) is 17.3. The van der Waals surface area contributed by atoms with Crippen molar-refractivity contribution in [2.45, 2.75) is 26.3 Å². The minimum atomic E-state index is -0.547. The van der Waals surface area contributed by atoms with E-state index >= 15 is 0 Å². The second-order valence-corrected chi connectivity index (χ2v) is 6.99. The van der Waals surface area contributed by atoms with Gasteiger partial charge in [-0.1, -0.05) is 13.0 Å². The molecule has 11 heteroatoms. The largest absolute Gasteiger partial charge is 0.368 e. The van der Waals surface area contributed by atoms with Gasteiger partial charge >= 0.3 is 0 Å². The molecular formula is C21H18N10O. The lowest BCUT2D eigenvalue weighted by Gasteiger charge is -2.22. The molecule has 0 fully saturated rings. The molecule has 0 bridgehead atoms. The van der Waals surface area contributed by atoms with E-state index in [-0.39, 0.29) is 28.5 Å². The molecule has 0 aliphatic rings. The monoisotopic (exact) mass is 426 g/mol. The number of H-pyrrole nitrogens is 1. The number of rotatable bonds is 5. The molecule has 1 aromatic carbocycles. The number of fused-ring (bicyclic) bond motifs is 1. The zero-order valence-electron chi connectivity index (χ0n) is 17.3. The van der Waals surface area contributed by atoms with Gasteiger partial charge in [0.15, 0.2) is 0 Å². The topological polar surface area (TPSA) is 175 Å². The molecule has 4 aromatic rings. The number of hydrogen-bond donors (Lipinski definition) is 3. The molecule has 11 nitrogen and oxygen atoms in total. The third-order valence-corrected chi connectivity index (χ3v) is 5.04. The predicted octanol–water partition coefficient (Wildman–Crippen LogP) is 2.10. The van der Waals surface area contributed by atoms with Crippen molar-refractivity contribution in [1.29, 1.82) is 10.5 Å². The number of nitriles is 2. The normalized spacial score (nSPS) is 11.6. The number of aryl methyl sites for hydroxylation is 1. The second kappa shape index (κ2) is 8.16. The van der Waals surface area contributed by atoms with E-state index in [2.05, 4.69) is 37.6 Å². The lowest BCUT2D eigenvalue weighted by atomic mass is 10.1. The summed E-state index contributed by atoms with van der Waals surface area (Å²) in [6.07, 6.45) is 3.57. The van der Waals surface area contributed by atoms with Gasteiger partial charge in [0.05, 0.1) is 40.1 Å². The summed E-state index contributed by atoms with van der Waals surface area (Å²) >= 11 is 0. The van der Waals surface area contributed by atoms with Crippen LogP contribution in [-0.2, 0) is 0 Å². The summed E-state index contributed by atoms with van der Waals surface area (Å²) in [7, 11) is 0. The molecule has 0 aliphatic carbocycles. The molecule has 3 heterocycles. The minimum Gasteiger partial charge on any atom is -0.368 e. The molecule has 0 spiro atoms. The van der Waals surface area contributed by atoms with Gasteiger partial charge in [0.2, 0.25) is 5.95 Å². The van der Waals surface area contributed by atoms with E-state index in [4.69, 9.17) is 10.7 Å². The van der Waals surface area contributed by atoms with Gasteiger partial charge < -0.3 is 11.1 Å². The first-order chi connectivity index (χ1) is 15.5. The Bertz CT molecular complexity index is 1460. The Kier molecular flexibility index (Phi) is 5.23. The van der Waals surface area contributed by atoms with E-state index in [1.54, 1.807) is 31.3 Å². The number of para-hydroxylation sites is 1. The number of nitrogens with one attached hydrogen (secondary N) is 2. The highest BCUT2D eigenvalue weighted by Gasteiger charge is 2.23. The summed E-state index contributed by atoms with van der Waals surface area (Å²) in [5.74, 6) is 0.600. The fraction of sp³-hybridized carbons (Fsp3) is 0.190.